The summed E-state index contributed by atoms with van der Waals surface area (Å²) in [6, 6.07) is 13.5. The standard InChI is InChI=1S/C26H28N2O7/c1-34-22(29)13-21(25(31)32)27-24(30)23(15-7-6-8-15)28-26(33)35-14-20-18-11-4-2-9-16(18)17-10-3-5-12-19(17)20/h2-5,9-12,15,20-21,23H,6-8,13-14H2,1H3,(H,27,30)(H,28,33)(H,31,32)/t21-,23?/m0/s1. The SMILES string of the molecule is COC(=O)C[C@H](NC(=O)C(NC(=O)OCC1c2ccccc2-c2ccccc21)C1CCC1)C(=O)O. The number of methoxy groups -OCH3 is 1. The Morgan fingerprint density at radius 3 is 2.09 bits per heavy atom. The molecule has 2 amide bonds. The fourth-order valence-electron chi connectivity index (χ4n) is 4.65. The van der Waals surface area contributed by atoms with Crippen molar-refractivity contribution in [3.8, 4) is 11.1 Å². The van der Waals surface area contributed by atoms with E-state index in [1.807, 2.05) is 48.5 Å². The highest BCUT2D eigenvalue weighted by atomic mass is 16.5. The molecule has 4 rings (SSSR count). The predicted octanol–water partition coefficient (Wildman–Crippen LogP) is 2.83. The molecule has 9 nitrogen and oxygen atoms in total. The molecule has 2 atom stereocenters. The average Bonchev–Trinajstić information content (AvgIpc) is 3.14. The van der Waals surface area contributed by atoms with Crippen LogP contribution in [0.25, 0.3) is 11.1 Å². The third kappa shape index (κ3) is 5.29. The second-order valence-corrected chi connectivity index (χ2v) is 8.82. The molecule has 2 aliphatic carbocycles. The highest BCUT2D eigenvalue weighted by molar-refractivity contribution is 5.91. The Labute approximate surface area is 202 Å². The van der Waals surface area contributed by atoms with Crippen molar-refractivity contribution in [3.05, 3.63) is 59.7 Å². The lowest BCUT2D eigenvalue weighted by molar-refractivity contribution is -0.149. The summed E-state index contributed by atoms with van der Waals surface area (Å²) in [5, 5.41) is 14.3. The number of nitrogens with one attached hydrogen (secondary N) is 2. The Morgan fingerprint density at radius 2 is 1.57 bits per heavy atom. The fraction of sp³-hybridized carbons (Fsp3) is 0.385. The molecule has 0 heterocycles. The zero-order valence-electron chi connectivity index (χ0n) is 19.4. The van der Waals surface area contributed by atoms with Gasteiger partial charge in [0.1, 0.15) is 18.7 Å². The normalized spacial score (nSPS) is 16.1. The Bertz CT molecular complexity index is 1080. The maximum atomic E-state index is 12.9. The van der Waals surface area contributed by atoms with E-state index in [1.54, 1.807) is 0 Å². The minimum atomic E-state index is -1.46. The van der Waals surface area contributed by atoms with Gasteiger partial charge in [0.2, 0.25) is 5.91 Å². The van der Waals surface area contributed by atoms with E-state index in [0.29, 0.717) is 0 Å². The van der Waals surface area contributed by atoms with Crippen LogP contribution in [0.2, 0.25) is 0 Å². The first kappa shape index (κ1) is 24.3. The summed E-state index contributed by atoms with van der Waals surface area (Å²) in [6.45, 7) is 0.0962. The molecule has 1 fully saturated rings. The van der Waals surface area contributed by atoms with E-state index in [2.05, 4.69) is 15.4 Å². The van der Waals surface area contributed by atoms with E-state index in [0.717, 1.165) is 48.6 Å². The number of rotatable bonds is 9. The van der Waals surface area contributed by atoms with Crippen LogP contribution in [0.15, 0.2) is 48.5 Å². The van der Waals surface area contributed by atoms with E-state index in [-0.39, 0.29) is 18.4 Å². The van der Waals surface area contributed by atoms with Crippen LogP contribution >= 0.6 is 0 Å². The maximum Gasteiger partial charge on any atom is 0.407 e. The fourth-order valence-corrected chi connectivity index (χ4v) is 4.65. The van der Waals surface area contributed by atoms with Gasteiger partial charge < -0.3 is 25.2 Å². The summed E-state index contributed by atoms with van der Waals surface area (Å²) in [6.07, 6.45) is 1.08. The van der Waals surface area contributed by atoms with Crippen molar-refractivity contribution in [3.63, 3.8) is 0 Å². The zero-order chi connectivity index (χ0) is 24.9. The smallest absolute Gasteiger partial charge is 0.407 e. The second-order valence-electron chi connectivity index (χ2n) is 8.82. The van der Waals surface area contributed by atoms with Gasteiger partial charge in [-0.25, -0.2) is 9.59 Å². The number of ether oxygens (including phenoxy) is 2. The Morgan fingerprint density at radius 1 is 0.971 bits per heavy atom. The summed E-state index contributed by atoms with van der Waals surface area (Å²) in [5.74, 6) is -3.05. The number of esters is 1. The number of aliphatic carboxylic acids is 1. The van der Waals surface area contributed by atoms with Crippen LogP contribution < -0.4 is 10.6 Å². The predicted molar refractivity (Wildman–Crippen MR) is 126 cm³/mol. The van der Waals surface area contributed by atoms with Crippen LogP contribution in [0, 0.1) is 5.92 Å². The molecule has 3 N–H and O–H groups in total. The Balaban J connectivity index is 1.41. The molecule has 2 aliphatic rings. The summed E-state index contributed by atoms with van der Waals surface area (Å²) >= 11 is 0. The van der Waals surface area contributed by atoms with E-state index in [9.17, 15) is 24.3 Å². The molecule has 0 aliphatic heterocycles. The van der Waals surface area contributed by atoms with Gasteiger partial charge in [0.15, 0.2) is 0 Å². The Hall–Kier alpha value is -3.88. The van der Waals surface area contributed by atoms with Gasteiger partial charge in [-0.15, -0.1) is 0 Å². The number of carboxylic acid groups (broad SMARTS) is 1. The van der Waals surface area contributed by atoms with Crippen LogP contribution in [-0.4, -0.2) is 54.8 Å². The van der Waals surface area contributed by atoms with Crippen molar-refractivity contribution in [2.45, 2.75) is 43.7 Å². The largest absolute Gasteiger partial charge is 0.480 e. The topological polar surface area (TPSA) is 131 Å². The summed E-state index contributed by atoms with van der Waals surface area (Å²) < 4.78 is 10.1. The number of fused-ring (bicyclic) bond motifs is 3. The zero-order valence-corrected chi connectivity index (χ0v) is 19.4. The maximum absolute atomic E-state index is 12.9. The van der Waals surface area contributed by atoms with E-state index in [1.165, 1.54) is 0 Å². The lowest BCUT2D eigenvalue weighted by atomic mass is 9.79. The molecule has 1 unspecified atom stereocenters. The van der Waals surface area contributed by atoms with Crippen molar-refractivity contribution in [2.24, 2.45) is 5.92 Å². The Kier molecular flexibility index (Phi) is 7.33. The van der Waals surface area contributed by atoms with E-state index in [4.69, 9.17) is 4.74 Å². The van der Waals surface area contributed by atoms with Gasteiger partial charge in [-0.05, 0) is 41.0 Å². The van der Waals surface area contributed by atoms with Crippen LogP contribution in [-0.2, 0) is 23.9 Å². The van der Waals surface area contributed by atoms with Gasteiger partial charge in [0.05, 0.1) is 13.5 Å². The summed E-state index contributed by atoms with van der Waals surface area (Å²) in [5.41, 5.74) is 4.35. The quantitative estimate of drug-likeness (QED) is 0.470. The van der Waals surface area contributed by atoms with Gasteiger partial charge in [-0.3, -0.25) is 9.59 Å². The third-order valence-electron chi connectivity index (χ3n) is 6.73. The van der Waals surface area contributed by atoms with E-state index < -0.39 is 42.4 Å². The van der Waals surface area contributed by atoms with Crippen LogP contribution in [0.3, 0.4) is 0 Å². The third-order valence-corrected chi connectivity index (χ3v) is 6.73. The van der Waals surface area contributed by atoms with Crippen molar-refractivity contribution >= 4 is 23.9 Å². The lowest BCUT2D eigenvalue weighted by Crippen LogP contribution is -2.56. The molecular weight excluding hydrogens is 452 g/mol. The van der Waals surface area contributed by atoms with Gasteiger partial charge in [0, 0.05) is 5.92 Å². The second kappa shape index (κ2) is 10.6. The first-order chi connectivity index (χ1) is 16.9. The number of alkyl carbamates (subject to hydrolysis) is 1. The first-order valence-electron chi connectivity index (χ1n) is 11.6. The average molecular weight is 481 g/mol. The first-order valence-corrected chi connectivity index (χ1v) is 11.6. The number of amides is 2. The molecule has 0 saturated heterocycles. The number of carboxylic acids is 1. The molecule has 0 aromatic heterocycles. The van der Waals surface area contributed by atoms with Crippen molar-refractivity contribution in [1.82, 2.24) is 10.6 Å². The molecule has 1 saturated carbocycles. The minimum Gasteiger partial charge on any atom is -0.480 e. The number of carbonyl (C=O) groups excluding carboxylic acids is 3. The number of hydrogen-bond donors (Lipinski definition) is 3. The van der Waals surface area contributed by atoms with Gasteiger partial charge in [0.25, 0.3) is 0 Å². The van der Waals surface area contributed by atoms with Gasteiger partial charge in [-0.1, -0.05) is 55.0 Å². The summed E-state index contributed by atoms with van der Waals surface area (Å²) in [7, 11) is 1.14. The lowest BCUT2D eigenvalue weighted by Gasteiger charge is -2.33. The van der Waals surface area contributed by atoms with Crippen LogP contribution in [0.1, 0.15) is 42.7 Å². The molecule has 0 spiro atoms. The number of benzene rings is 2. The van der Waals surface area contributed by atoms with Crippen LogP contribution in [0.4, 0.5) is 4.79 Å². The molecule has 0 radical (unpaired) electrons. The molecule has 35 heavy (non-hydrogen) atoms. The van der Waals surface area contributed by atoms with Crippen molar-refractivity contribution in [2.75, 3.05) is 13.7 Å². The molecule has 0 bridgehead atoms. The number of hydrogen-bond acceptors (Lipinski definition) is 6. The molecule has 2 aromatic rings. The van der Waals surface area contributed by atoms with Crippen LogP contribution in [0.5, 0.6) is 0 Å². The highest BCUT2D eigenvalue weighted by Crippen LogP contribution is 2.44. The van der Waals surface area contributed by atoms with Crippen molar-refractivity contribution < 1.29 is 33.8 Å². The minimum absolute atomic E-state index is 0.0962. The van der Waals surface area contributed by atoms with Gasteiger partial charge in [-0.2, -0.15) is 0 Å². The monoisotopic (exact) mass is 480 g/mol. The van der Waals surface area contributed by atoms with E-state index >= 15 is 0 Å². The molecule has 184 valence electrons. The van der Waals surface area contributed by atoms with Gasteiger partial charge >= 0.3 is 18.0 Å². The summed E-state index contributed by atoms with van der Waals surface area (Å²) in [4.78, 5) is 48.6. The molecule has 2 aromatic carbocycles. The number of carbonyl (C=O) groups is 4. The van der Waals surface area contributed by atoms with Crippen molar-refractivity contribution in [1.29, 1.82) is 0 Å². The molecular formula is C26H28N2O7. The highest BCUT2D eigenvalue weighted by Gasteiger charge is 2.37. The molecule has 9 heteroatoms.